The van der Waals surface area contributed by atoms with Crippen molar-refractivity contribution in [3.63, 3.8) is 0 Å². The van der Waals surface area contributed by atoms with Gasteiger partial charge in [-0.1, -0.05) is 18.6 Å². The topological polar surface area (TPSA) is 119 Å². The number of hydrogen-bond acceptors (Lipinski definition) is 7. The predicted molar refractivity (Wildman–Crippen MR) is 124 cm³/mol. The molecule has 0 saturated heterocycles. The van der Waals surface area contributed by atoms with Crippen LogP contribution < -0.4 is 5.32 Å². The van der Waals surface area contributed by atoms with Crippen LogP contribution in [0, 0.1) is 6.92 Å². The number of aromatic nitrogens is 8. The lowest BCUT2D eigenvalue weighted by Crippen LogP contribution is -2.28. The van der Waals surface area contributed by atoms with E-state index in [0.29, 0.717) is 22.7 Å². The summed E-state index contributed by atoms with van der Waals surface area (Å²) in [6, 6.07) is 5.62. The summed E-state index contributed by atoms with van der Waals surface area (Å²) in [6.45, 7) is 6.03. The molecule has 0 saturated carbocycles. The Kier molecular flexibility index (Phi) is 5.47. The van der Waals surface area contributed by atoms with Crippen molar-refractivity contribution in [1.29, 1.82) is 0 Å². The molecule has 5 aromatic heterocycles. The number of amides is 1. The Morgan fingerprint density at radius 2 is 2.15 bits per heavy atom. The third-order valence-corrected chi connectivity index (χ3v) is 6.41. The summed E-state index contributed by atoms with van der Waals surface area (Å²) in [5.74, 6) is 0.352. The third kappa shape index (κ3) is 3.91. The molecule has 1 atom stereocenters. The Morgan fingerprint density at radius 1 is 1.27 bits per heavy atom. The van der Waals surface area contributed by atoms with Crippen molar-refractivity contribution in [2.75, 3.05) is 0 Å². The molecule has 33 heavy (non-hydrogen) atoms. The predicted octanol–water partition coefficient (Wildman–Crippen LogP) is 3.51. The number of H-pyrrole nitrogens is 1. The van der Waals surface area contributed by atoms with Gasteiger partial charge in [-0.05, 0) is 38.5 Å². The maximum atomic E-state index is 13.3. The highest BCUT2D eigenvalue weighted by Crippen LogP contribution is 2.30. The normalized spacial score (nSPS) is 12.3. The summed E-state index contributed by atoms with van der Waals surface area (Å²) in [7, 11) is 0. The molecule has 1 amide bonds. The van der Waals surface area contributed by atoms with E-state index in [9.17, 15) is 4.79 Å². The van der Waals surface area contributed by atoms with Crippen molar-refractivity contribution < 1.29 is 4.79 Å². The number of hydrogen-bond donors (Lipinski definition) is 2. The lowest BCUT2D eigenvalue weighted by molar-refractivity contribution is 0.0938. The van der Waals surface area contributed by atoms with E-state index in [2.05, 4.69) is 61.8 Å². The molecule has 0 fully saturated rings. The molecule has 10 nitrogen and oxygen atoms in total. The first-order chi connectivity index (χ1) is 16.0. The van der Waals surface area contributed by atoms with Crippen LogP contribution in [0.4, 0.5) is 0 Å². The van der Waals surface area contributed by atoms with Gasteiger partial charge in [-0.25, -0.2) is 14.6 Å². The molecular weight excluding hydrogens is 438 g/mol. The van der Waals surface area contributed by atoms with Gasteiger partial charge in [0.1, 0.15) is 17.8 Å². The zero-order valence-corrected chi connectivity index (χ0v) is 19.3. The van der Waals surface area contributed by atoms with Gasteiger partial charge in [0.2, 0.25) is 0 Å². The molecule has 5 heterocycles. The van der Waals surface area contributed by atoms with Crippen molar-refractivity contribution >= 4 is 22.9 Å². The Hall–Kier alpha value is -3.86. The summed E-state index contributed by atoms with van der Waals surface area (Å²) in [5.41, 5.74) is 3.77. The molecule has 0 bridgehead atoms. The molecule has 0 aromatic carbocycles. The Morgan fingerprint density at radius 3 is 2.88 bits per heavy atom. The molecule has 0 aliphatic heterocycles. The molecule has 0 spiro atoms. The molecule has 0 unspecified atom stereocenters. The van der Waals surface area contributed by atoms with Crippen molar-refractivity contribution in [2.45, 2.75) is 39.7 Å². The quantitative estimate of drug-likeness (QED) is 0.383. The highest BCUT2D eigenvalue weighted by molar-refractivity contribution is 7.15. The van der Waals surface area contributed by atoms with E-state index in [4.69, 9.17) is 0 Å². The average molecular weight is 462 g/mol. The van der Waals surface area contributed by atoms with Gasteiger partial charge in [0, 0.05) is 11.1 Å². The van der Waals surface area contributed by atoms with Crippen molar-refractivity contribution in [1.82, 2.24) is 44.9 Å². The number of pyridine rings is 1. The van der Waals surface area contributed by atoms with E-state index in [1.54, 1.807) is 22.2 Å². The smallest absolute Gasteiger partial charge is 0.253 e. The molecule has 0 aliphatic rings. The summed E-state index contributed by atoms with van der Waals surface area (Å²) in [6.07, 6.45) is 8.59. The largest absolute Gasteiger partial charge is 0.342 e. The van der Waals surface area contributed by atoms with E-state index < -0.39 is 0 Å². The minimum absolute atomic E-state index is 0.235. The minimum Gasteiger partial charge on any atom is -0.342 e. The van der Waals surface area contributed by atoms with Crippen molar-refractivity contribution in [2.24, 2.45) is 0 Å². The van der Waals surface area contributed by atoms with Crippen LogP contribution in [0.1, 0.15) is 53.1 Å². The maximum Gasteiger partial charge on any atom is 0.253 e. The SMILES string of the molecule is CCCc1cnnn1-c1cc(C(=O)N[C@@H](C)c2ncn[nH]2)cn2c(-c3ccc(C)s3)cnc12. The lowest BCUT2D eigenvalue weighted by Gasteiger charge is -2.14. The van der Waals surface area contributed by atoms with Gasteiger partial charge >= 0.3 is 0 Å². The Bertz CT molecular complexity index is 1410. The zero-order valence-electron chi connectivity index (χ0n) is 18.5. The second-order valence-corrected chi connectivity index (χ2v) is 9.10. The number of nitrogens with zero attached hydrogens (tertiary/aromatic N) is 7. The van der Waals surface area contributed by atoms with Crippen LogP contribution in [-0.4, -0.2) is 45.5 Å². The van der Waals surface area contributed by atoms with Gasteiger partial charge in [-0.2, -0.15) is 5.10 Å². The highest BCUT2D eigenvalue weighted by Gasteiger charge is 2.20. The fraction of sp³-hybridized carbons (Fsp3) is 0.273. The minimum atomic E-state index is -0.330. The first-order valence-electron chi connectivity index (χ1n) is 10.7. The summed E-state index contributed by atoms with van der Waals surface area (Å²) in [4.78, 5) is 24.4. The molecule has 5 rings (SSSR count). The highest BCUT2D eigenvalue weighted by atomic mass is 32.1. The van der Waals surface area contributed by atoms with Gasteiger partial charge in [-0.3, -0.25) is 14.3 Å². The Balaban J connectivity index is 1.64. The monoisotopic (exact) mass is 461 g/mol. The summed E-state index contributed by atoms with van der Waals surface area (Å²) in [5, 5.41) is 18.1. The van der Waals surface area contributed by atoms with Crippen LogP contribution in [0.5, 0.6) is 0 Å². The molecule has 0 aliphatic carbocycles. The van der Waals surface area contributed by atoms with Gasteiger partial charge in [-0.15, -0.1) is 16.4 Å². The van der Waals surface area contributed by atoms with E-state index >= 15 is 0 Å². The Labute approximate surface area is 193 Å². The number of aryl methyl sites for hydroxylation is 2. The third-order valence-electron chi connectivity index (χ3n) is 5.39. The fourth-order valence-electron chi connectivity index (χ4n) is 3.76. The molecule has 11 heteroatoms. The van der Waals surface area contributed by atoms with Gasteiger partial charge in [0.05, 0.1) is 40.3 Å². The molecule has 168 valence electrons. The van der Waals surface area contributed by atoms with Crippen LogP contribution in [-0.2, 0) is 6.42 Å². The van der Waals surface area contributed by atoms with Crippen LogP contribution in [0.25, 0.3) is 21.9 Å². The first kappa shape index (κ1) is 21.0. The summed E-state index contributed by atoms with van der Waals surface area (Å²) < 4.78 is 3.72. The van der Waals surface area contributed by atoms with Crippen LogP contribution in [0.15, 0.2) is 43.1 Å². The lowest BCUT2D eigenvalue weighted by atomic mass is 10.2. The molecule has 2 N–H and O–H groups in total. The van der Waals surface area contributed by atoms with Gasteiger partial charge < -0.3 is 5.32 Å². The van der Waals surface area contributed by atoms with E-state index in [1.807, 2.05) is 29.8 Å². The number of nitrogens with one attached hydrogen (secondary N) is 2. The van der Waals surface area contributed by atoms with Crippen LogP contribution >= 0.6 is 11.3 Å². The van der Waals surface area contributed by atoms with Crippen molar-refractivity contribution in [3.05, 3.63) is 65.1 Å². The number of fused-ring (bicyclic) bond motifs is 1. The van der Waals surface area contributed by atoms with E-state index in [1.165, 1.54) is 11.2 Å². The van der Waals surface area contributed by atoms with Gasteiger partial charge in [0.15, 0.2) is 5.65 Å². The number of carbonyl (C=O) groups is 1. The number of rotatable bonds is 7. The number of aromatic amines is 1. The molecule has 0 radical (unpaired) electrons. The zero-order chi connectivity index (χ0) is 22.9. The standard InChI is InChI=1S/C22H23N9OS/c1-4-5-16-9-25-29-31(16)17-8-15(22(32)27-14(3)20-24-12-26-28-20)11-30-18(10-23-21(17)30)19-7-6-13(2)33-19/h6-12,14H,4-5H2,1-3H3,(H,27,32)(H,24,26,28)/t14-/m0/s1. The van der Waals surface area contributed by atoms with Crippen LogP contribution in [0.3, 0.4) is 0 Å². The van der Waals surface area contributed by atoms with Gasteiger partial charge in [0.25, 0.3) is 5.91 Å². The van der Waals surface area contributed by atoms with E-state index in [-0.39, 0.29) is 11.9 Å². The second kappa shape index (κ2) is 8.58. The van der Waals surface area contributed by atoms with Crippen LogP contribution in [0.2, 0.25) is 0 Å². The van der Waals surface area contributed by atoms with Crippen molar-refractivity contribution in [3.8, 4) is 16.3 Å². The number of thiophene rings is 1. The number of imidazole rings is 1. The first-order valence-corrected chi connectivity index (χ1v) is 11.5. The molecule has 5 aromatic rings. The second-order valence-electron chi connectivity index (χ2n) is 7.81. The number of carbonyl (C=O) groups excluding carboxylic acids is 1. The fourth-order valence-corrected chi connectivity index (χ4v) is 4.64. The molecular formula is C22H23N9OS. The maximum absolute atomic E-state index is 13.3. The van der Waals surface area contributed by atoms with E-state index in [0.717, 1.165) is 29.1 Å². The average Bonchev–Trinajstić information content (AvgIpc) is 3.59. The summed E-state index contributed by atoms with van der Waals surface area (Å²) >= 11 is 1.68.